The normalized spacial score (nSPS) is 15.9. The Hall–Kier alpha value is -3.29. The summed E-state index contributed by atoms with van der Waals surface area (Å²) in [5.41, 5.74) is -3.32. The molecular formula is C23H15B8N3O5. The van der Waals surface area contributed by atoms with E-state index < -0.39 is 63.2 Å². The van der Waals surface area contributed by atoms with E-state index in [4.69, 9.17) is 62.8 Å². The van der Waals surface area contributed by atoms with Gasteiger partial charge in [0.15, 0.2) is 11.4 Å². The molecule has 1 amide bonds. The first-order chi connectivity index (χ1) is 18.1. The molecule has 39 heavy (non-hydrogen) atoms. The number of aromatic hydroxyl groups is 3. The van der Waals surface area contributed by atoms with E-state index in [1.165, 1.54) is 4.90 Å². The van der Waals surface area contributed by atoms with Gasteiger partial charge in [-0.05, 0) is 24.9 Å². The maximum Gasteiger partial charge on any atom is 0.276 e. The van der Waals surface area contributed by atoms with Gasteiger partial charge in [-0.2, -0.15) is 5.10 Å². The maximum absolute atomic E-state index is 13.4. The molecule has 1 aromatic heterocycles. The second kappa shape index (κ2) is 10.0. The fourth-order valence-electron chi connectivity index (χ4n) is 4.95. The number of benzene rings is 2. The minimum Gasteiger partial charge on any atom is -0.509 e. The highest BCUT2D eigenvalue weighted by atomic mass is 16.3. The van der Waals surface area contributed by atoms with Gasteiger partial charge in [0, 0.05) is 18.5 Å². The topological polar surface area (TPSA) is 116 Å². The predicted octanol–water partition coefficient (Wildman–Crippen LogP) is -7.05. The summed E-state index contributed by atoms with van der Waals surface area (Å²) in [6.07, 6.45) is 0.817. The Kier molecular flexibility index (Phi) is 7.38. The van der Waals surface area contributed by atoms with Crippen LogP contribution in [0.5, 0.6) is 17.2 Å². The number of phenolic OH excluding ortho intramolecular Hbond substituents is 2. The molecule has 1 aliphatic rings. The molecule has 0 spiro atoms. The van der Waals surface area contributed by atoms with Crippen LogP contribution in [0.3, 0.4) is 0 Å². The van der Waals surface area contributed by atoms with Crippen LogP contribution in [-0.2, 0) is 0 Å². The standard InChI is InChI=1S/C23H15B8N3O5/c1-5(2)33-4-6(34-19(23(33)39)20(36)7(35)3-32-34)8(9-11(24)14(27)16(29)15(28)12(9)25)10-13(26)22(38)18(31)17(30)21(10)37/h3,5-6,8,36-38H,4H2,1-2H3/t6-,8?/m1/s1. The SMILES string of the molecule is [B]c1c([B])c([B])c(C(c2c([B])c(O)c([B])c([B])c2O)[C@H]2CN(C(C)C)C(=O)c3c(O)c(=O)cnn32)c([B])c1[B]. The van der Waals surface area contributed by atoms with Gasteiger partial charge in [-0.25, -0.2) is 0 Å². The van der Waals surface area contributed by atoms with Crippen LogP contribution < -0.4 is 49.1 Å². The zero-order chi connectivity index (χ0) is 29.2. The summed E-state index contributed by atoms with van der Waals surface area (Å²) < 4.78 is 1.09. The van der Waals surface area contributed by atoms with E-state index in [1.807, 2.05) is 0 Å². The lowest BCUT2D eigenvalue weighted by atomic mass is 9.57. The highest BCUT2D eigenvalue weighted by Crippen LogP contribution is 2.40. The van der Waals surface area contributed by atoms with Crippen LogP contribution in [-0.4, -0.2) is 111 Å². The third-order valence-electron chi connectivity index (χ3n) is 7.12. The van der Waals surface area contributed by atoms with Gasteiger partial charge in [0.2, 0.25) is 5.43 Å². The lowest BCUT2D eigenvalue weighted by Crippen LogP contribution is -2.58. The van der Waals surface area contributed by atoms with Crippen molar-refractivity contribution in [3.63, 3.8) is 0 Å². The van der Waals surface area contributed by atoms with Crippen molar-refractivity contribution in [3.8, 4) is 17.2 Å². The molecule has 2 atom stereocenters. The van der Waals surface area contributed by atoms with Gasteiger partial charge in [0.25, 0.3) is 5.91 Å². The van der Waals surface area contributed by atoms with Gasteiger partial charge in [-0.3, -0.25) is 14.3 Å². The smallest absolute Gasteiger partial charge is 0.276 e. The summed E-state index contributed by atoms with van der Waals surface area (Å²) in [5.74, 6) is -4.09. The Balaban J connectivity index is 2.22. The zero-order valence-electron chi connectivity index (χ0n) is 21.1. The van der Waals surface area contributed by atoms with E-state index in [-0.39, 0.29) is 50.4 Å². The summed E-state index contributed by atoms with van der Waals surface area (Å²) in [4.78, 5) is 27.0. The molecule has 0 bridgehead atoms. The minimum absolute atomic E-state index is 0.0127. The van der Waals surface area contributed by atoms with Crippen molar-refractivity contribution in [1.29, 1.82) is 0 Å². The molecule has 8 nitrogen and oxygen atoms in total. The molecule has 1 aliphatic heterocycles. The maximum atomic E-state index is 13.4. The van der Waals surface area contributed by atoms with Crippen molar-refractivity contribution in [3.05, 3.63) is 33.2 Å². The molecule has 3 N–H and O–H groups in total. The predicted molar refractivity (Wildman–Crippen MR) is 157 cm³/mol. The summed E-state index contributed by atoms with van der Waals surface area (Å²) in [5, 5.41) is 36.7. The molecule has 3 aromatic rings. The molecule has 0 saturated carbocycles. The molecular weight excluding hydrogens is 485 g/mol. The average Bonchev–Trinajstić information content (AvgIpc) is 2.89. The summed E-state index contributed by atoms with van der Waals surface area (Å²) in [6.45, 7) is 3.30. The van der Waals surface area contributed by atoms with Crippen molar-refractivity contribution in [2.45, 2.75) is 31.8 Å². The van der Waals surface area contributed by atoms with Crippen LogP contribution >= 0.6 is 0 Å². The fourth-order valence-corrected chi connectivity index (χ4v) is 4.95. The Morgan fingerprint density at radius 1 is 0.744 bits per heavy atom. The first-order valence-corrected chi connectivity index (χ1v) is 11.6. The van der Waals surface area contributed by atoms with Crippen LogP contribution in [0.4, 0.5) is 0 Å². The molecule has 2 heterocycles. The quantitative estimate of drug-likeness (QED) is 0.243. The molecule has 16 radical (unpaired) electrons. The number of carbonyl (C=O) groups is 1. The van der Waals surface area contributed by atoms with Gasteiger partial charge in [0.05, 0.1) is 12.2 Å². The van der Waals surface area contributed by atoms with Crippen LogP contribution in [0, 0.1) is 0 Å². The number of carbonyl (C=O) groups excluding carboxylic acids is 1. The van der Waals surface area contributed by atoms with E-state index in [0.717, 1.165) is 10.9 Å². The van der Waals surface area contributed by atoms with Crippen molar-refractivity contribution >= 4 is 112 Å². The Morgan fingerprint density at radius 3 is 1.79 bits per heavy atom. The number of nitrogens with zero attached hydrogens (tertiary/aromatic N) is 3. The number of aromatic nitrogens is 2. The third kappa shape index (κ3) is 4.23. The minimum atomic E-state index is -1.30. The van der Waals surface area contributed by atoms with Gasteiger partial charge in [-0.15, -0.1) is 27.3 Å². The first kappa shape index (κ1) is 28.7. The second-order valence-electron chi connectivity index (χ2n) is 9.58. The van der Waals surface area contributed by atoms with Crippen LogP contribution in [0.25, 0.3) is 0 Å². The van der Waals surface area contributed by atoms with Crippen molar-refractivity contribution in [1.82, 2.24) is 14.7 Å². The van der Waals surface area contributed by atoms with Gasteiger partial charge in [0.1, 0.15) is 74.3 Å². The van der Waals surface area contributed by atoms with E-state index in [9.17, 15) is 24.9 Å². The molecule has 2 aromatic carbocycles. The van der Waals surface area contributed by atoms with Gasteiger partial charge >= 0.3 is 0 Å². The van der Waals surface area contributed by atoms with Crippen molar-refractivity contribution in [2.75, 3.05) is 6.54 Å². The monoisotopic (exact) mass is 501 g/mol. The summed E-state index contributed by atoms with van der Waals surface area (Å²) in [6, 6.07) is -1.52. The van der Waals surface area contributed by atoms with Crippen LogP contribution in [0.15, 0.2) is 11.0 Å². The highest BCUT2D eigenvalue weighted by molar-refractivity contribution is 6.67. The van der Waals surface area contributed by atoms with Gasteiger partial charge in [-0.1, -0.05) is 16.5 Å². The van der Waals surface area contributed by atoms with Crippen LogP contribution in [0.2, 0.25) is 0 Å². The molecule has 0 aliphatic carbocycles. The third-order valence-corrected chi connectivity index (χ3v) is 7.12. The highest BCUT2D eigenvalue weighted by Gasteiger charge is 2.43. The molecule has 0 fully saturated rings. The number of hydrogen-bond donors (Lipinski definition) is 3. The van der Waals surface area contributed by atoms with E-state index >= 15 is 0 Å². The van der Waals surface area contributed by atoms with Gasteiger partial charge < -0.3 is 20.2 Å². The second-order valence-corrected chi connectivity index (χ2v) is 9.58. The van der Waals surface area contributed by atoms with E-state index in [1.54, 1.807) is 13.8 Å². The number of rotatable bonds is 4. The Bertz CT molecular complexity index is 1480. The lowest BCUT2D eigenvalue weighted by Gasteiger charge is -2.43. The van der Waals surface area contributed by atoms with Crippen molar-refractivity contribution in [2.24, 2.45) is 0 Å². The molecule has 176 valence electrons. The molecule has 0 saturated heterocycles. The summed E-state index contributed by atoms with van der Waals surface area (Å²) >= 11 is 0. The molecule has 4 rings (SSSR count). The number of fused-ring (bicyclic) bond motifs is 1. The first-order valence-electron chi connectivity index (χ1n) is 11.6. The van der Waals surface area contributed by atoms with E-state index in [2.05, 4.69) is 5.10 Å². The Morgan fingerprint density at radius 2 is 1.26 bits per heavy atom. The molecule has 16 heteroatoms. The number of phenols is 2. The molecule has 1 unspecified atom stereocenters. The summed E-state index contributed by atoms with van der Waals surface area (Å²) in [7, 11) is 49.2. The Labute approximate surface area is 235 Å². The zero-order valence-corrected chi connectivity index (χ0v) is 21.1. The number of amides is 1. The fraction of sp³-hybridized carbons (Fsp3) is 0.261. The average molecular weight is 500 g/mol. The van der Waals surface area contributed by atoms with E-state index in [0.29, 0.717) is 0 Å². The van der Waals surface area contributed by atoms with Crippen LogP contribution in [0.1, 0.15) is 47.4 Å². The van der Waals surface area contributed by atoms with Crippen molar-refractivity contribution < 1.29 is 20.1 Å². The number of hydrogen-bond acceptors (Lipinski definition) is 6. The largest absolute Gasteiger partial charge is 0.509 e. The lowest BCUT2D eigenvalue weighted by molar-refractivity contribution is 0.0570.